The zero-order valence-electron chi connectivity index (χ0n) is 10.6. The van der Waals surface area contributed by atoms with E-state index < -0.39 is 0 Å². The summed E-state index contributed by atoms with van der Waals surface area (Å²) >= 11 is 0. The maximum atomic E-state index is 3.73. The molecule has 0 aliphatic heterocycles. The fraction of sp³-hybridized carbons (Fsp3) is 0.333. The predicted octanol–water partition coefficient (Wildman–Crippen LogP) is 4.33. The van der Waals surface area contributed by atoms with E-state index in [-0.39, 0.29) is 0 Å². The molecule has 0 bridgehead atoms. The maximum Gasteiger partial charge on any atom is -0.000718 e. The van der Waals surface area contributed by atoms with E-state index in [0.717, 1.165) is 6.42 Å². The van der Waals surface area contributed by atoms with Crippen LogP contribution in [0, 0.1) is 6.07 Å². The molecule has 0 nitrogen and oxygen atoms in total. The summed E-state index contributed by atoms with van der Waals surface area (Å²) in [5.41, 5.74) is 8.85. The summed E-state index contributed by atoms with van der Waals surface area (Å²) in [6.07, 6.45) is 7.64. The van der Waals surface area contributed by atoms with Gasteiger partial charge in [-0.3, -0.25) is 0 Å². The molecule has 0 fully saturated rings. The molecular weight excluding hydrogens is 216 g/mol. The summed E-state index contributed by atoms with van der Waals surface area (Å²) < 4.78 is 0. The van der Waals surface area contributed by atoms with Crippen molar-refractivity contribution in [3.05, 3.63) is 58.7 Å². The van der Waals surface area contributed by atoms with Crippen molar-refractivity contribution >= 4 is 0 Å². The van der Waals surface area contributed by atoms with Crippen LogP contribution in [0.15, 0.2) is 30.3 Å². The Morgan fingerprint density at radius 1 is 0.778 bits per heavy atom. The Kier molecular flexibility index (Phi) is 2.29. The van der Waals surface area contributed by atoms with Crippen LogP contribution in [0.2, 0.25) is 0 Å². The van der Waals surface area contributed by atoms with Crippen molar-refractivity contribution in [3.63, 3.8) is 0 Å². The summed E-state index contributed by atoms with van der Waals surface area (Å²) in [5.74, 6) is 0. The van der Waals surface area contributed by atoms with Crippen molar-refractivity contribution in [1.29, 1.82) is 0 Å². The molecule has 0 saturated heterocycles. The van der Waals surface area contributed by atoms with E-state index in [4.69, 9.17) is 0 Å². The molecule has 0 amide bonds. The molecule has 0 spiro atoms. The van der Waals surface area contributed by atoms with Gasteiger partial charge in [0.15, 0.2) is 0 Å². The van der Waals surface area contributed by atoms with E-state index in [1.807, 2.05) is 0 Å². The Labute approximate surface area is 109 Å². The lowest BCUT2D eigenvalue weighted by Gasteiger charge is -2.09. The van der Waals surface area contributed by atoms with E-state index in [2.05, 4.69) is 36.4 Å². The first-order chi connectivity index (χ1) is 8.92. The molecule has 89 valence electrons. The fourth-order valence-corrected chi connectivity index (χ4v) is 3.43. The summed E-state index contributed by atoms with van der Waals surface area (Å²) in [7, 11) is 0. The highest BCUT2D eigenvalue weighted by atomic mass is 14.2. The number of benzene rings is 2. The first-order valence-electron chi connectivity index (χ1n) is 7.07. The maximum absolute atomic E-state index is 3.73. The van der Waals surface area contributed by atoms with Gasteiger partial charge in [-0.25, -0.2) is 0 Å². The normalized spacial score (nSPS) is 16.7. The molecule has 2 aromatic rings. The molecule has 0 N–H and O–H groups in total. The molecule has 2 aromatic carbocycles. The molecule has 0 heterocycles. The average molecular weight is 233 g/mol. The topological polar surface area (TPSA) is 0 Å². The highest BCUT2D eigenvalue weighted by Crippen LogP contribution is 2.38. The van der Waals surface area contributed by atoms with Crippen LogP contribution in [-0.4, -0.2) is 0 Å². The third-order valence-electron chi connectivity index (χ3n) is 4.38. The van der Waals surface area contributed by atoms with E-state index >= 15 is 0 Å². The van der Waals surface area contributed by atoms with E-state index in [9.17, 15) is 0 Å². The summed E-state index contributed by atoms with van der Waals surface area (Å²) in [4.78, 5) is 0. The molecule has 0 atom stereocenters. The van der Waals surface area contributed by atoms with Gasteiger partial charge >= 0.3 is 0 Å². The van der Waals surface area contributed by atoms with Crippen molar-refractivity contribution in [2.24, 2.45) is 0 Å². The van der Waals surface area contributed by atoms with Crippen LogP contribution in [0.1, 0.15) is 41.5 Å². The number of rotatable bonds is 0. The van der Waals surface area contributed by atoms with Gasteiger partial charge in [0.2, 0.25) is 0 Å². The molecule has 0 unspecified atom stereocenters. The highest BCUT2D eigenvalue weighted by Gasteiger charge is 2.20. The molecule has 0 aromatic heterocycles. The first kappa shape index (κ1) is 10.4. The molecule has 4 rings (SSSR count). The number of hydrogen-bond donors (Lipinski definition) is 0. The summed E-state index contributed by atoms with van der Waals surface area (Å²) in [6, 6.07) is 15.0. The second-order valence-corrected chi connectivity index (χ2v) is 5.56. The number of aryl methyl sites for hydroxylation is 2. The Morgan fingerprint density at radius 2 is 1.67 bits per heavy atom. The van der Waals surface area contributed by atoms with Crippen molar-refractivity contribution in [1.82, 2.24) is 0 Å². The van der Waals surface area contributed by atoms with Crippen molar-refractivity contribution in [3.8, 4) is 11.1 Å². The van der Waals surface area contributed by atoms with Crippen LogP contribution < -0.4 is 0 Å². The van der Waals surface area contributed by atoms with Crippen LogP contribution in [0.5, 0.6) is 0 Å². The van der Waals surface area contributed by atoms with Crippen LogP contribution in [-0.2, 0) is 19.3 Å². The smallest absolute Gasteiger partial charge is 0.000718 e. The summed E-state index contributed by atoms with van der Waals surface area (Å²) in [5, 5.41) is 0. The van der Waals surface area contributed by atoms with Crippen molar-refractivity contribution in [2.75, 3.05) is 0 Å². The molecular formula is C18H17. The standard InChI is InChI=1S/C18H17/c1-2-6-13-10-16-11-15-8-4-5-9-17(15)18(16)12-14(13)7-3-1/h4-5,8-9,12H,1-3,6-7,11H2. The molecule has 0 saturated carbocycles. The van der Waals surface area contributed by atoms with Gasteiger partial charge in [-0.2, -0.15) is 0 Å². The first-order valence-corrected chi connectivity index (χ1v) is 7.07. The van der Waals surface area contributed by atoms with Gasteiger partial charge in [0.1, 0.15) is 0 Å². The molecule has 2 aliphatic rings. The van der Waals surface area contributed by atoms with Crippen molar-refractivity contribution in [2.45, 2.75) is 38.5 Å². The monoisotopic (exact) mass is 233 g/mol. The quantitative estimate of drug-likeness (QED) is 0.507. The van der Waals surface area contributed by atoms with Gasteiger partial charge in [-0.15, -0.1) is 0 Å². The number of fused-ring (bicyclic) bond motifs is 4. The lowest BCUT2D eigenvalue weighted by molar-refractivity contribution is 0.711. The van der Waals surface area contributed by atoms with Crippen LogP contribution in [0.25, 0.3) is 11.1 Å². The zero-order chi connectivity index (χ0) is 11.9. The Hall–Kier alpha value is -1.56. The van der Waals surface area contributed by atoms with E-state index in [1.165, 1.54) is 59.9 Å². The zero-order valence-corrected chi connectivity index (χ0v) is 10.6. The Bertz CT molecular complexity index is 607. The minimum absolute atomic E-state index is 1.08. The SMILES string of the molecule is [c]1c2c(cc3c1Cc1ccccc1-3)CCCCC2. The minimum Gasteiger partial charge on any atom is -0.0619 e. The molecule has 1 radical (unpaired) electrons. The van der Waals surface area contributed by atoms with Gasteiger partial charge in [0.25, 0.3) is 0 Å². The fourth-order valence-electron chi connectivity index (χ4n) is 3.43. The summed E-state index contributed by atoms with van der Waals surface area (Å²) in [6.45, 7) is 0. The van der Waals surface area contributed by atoms with Gasteiger partial charge in [-0.05, 0) is 71.6 Å². The third-order valence-corrected chi connectivity index (χ3v) is 4.38. The van der Waals surface area contributed by atoms with Gasteiger partial charge in [-0.1, -0.05) is 36.8 Å². The number of hydrogen-bond acceptors (Lipinski definition) is 0. The van der Waals surface area contributed by atoms with Gasteiger partial charge in [0, 0.05) is 0 Å². The Morgan fingerprint density at radius 3 is 2.67 bits per heavy atom. The van der Waals surface area contributed by atoms with Gasteiger partial charge < -0.3 is 0 Å². The molecule has 18 heavy (non-hydrogen) atoms. The third kappa shape index (κ3) is 1.52. The molecule has 0 heteroatoms. The van der Waals surface area contributed by atoms with E-state index in [0.29, 0.717) is 0 Å². The van der Waals surface area contributed by atoms with E-state index in [1.54, 1.807) is 5.56 Å². The van der Waals surface area contributed by atoms with Crippen LogP contribution >= 0.6 is 0 Å². The second-order valence-electron chi connectivity index (χ2n) is 5.56. The largest absolute Gasteiger partial charge is 0.0619 e. The highest BCUT2D eigenvalue weighted by molar-refractivity contribution is 5.77. The lowest BCUT2D eigenvalue weighted by Crippen LogP contribution is -1.94. The second kappa shape index (κ2) is 3.98. The van der Waals surface area contributed by atoms with Gasteiger partial charge in [0.05, 0.1) is 0 Å². The molecule has 2 aliphatic carbocycles. The predicted molar refractivity (Wildman–Crippen MR) is 74.8 cm³/mol. The van der Waals surface area contributed by atoms with Crippen LogP contribution in [0.3, 0.4) is 0 Å². The van der Waals surface area contributed by atoms with Crippen molar-refractivity contribution < 1.29 is 0 Å². The Balaban J connectivity index is 1.89. The lowest BCUT2D eigenvalue weighted by atomic mass is 9.95. The minimum atomic E-state index is 1.08. The average Bonchev–Trinajstić information content (AvgIpc) is 2.59. The van der Waals surface area contributed by atoms with Crippen LogP contribution in [0.4, 0.5) is 0 Å².